The first-order chi connectivity index (χ1) is 11.2. The molecule has 1 aliphatic heterocycles. The highest BCUT2D eigenvalue weighted by molar-refractivity contribution is 5.98. The van der Waals surface area contributed by atoms with Crippen LogP contribution in [0.3, 0.4) is 0 Å². The molecule has 0 aromatic heterocycles. The van der Waals surface area contributed by atoms with Crippen molar-refractivity contribution in [3.05, 3.63) is 23.8 Å². The monoisotopic (exact) mass is 316 g/mol. The zero-order valence-electron chi connectivity index (χ0n) is 14.2. The SMILES string of the molecule is CCC1CNc2cc(C(=O)CNC3CCCCC3C)ccc2O1. The highest BCUT2D eigenvalue weighted by Crippen LogP contribution is 2.31. The second-order valence-electron chi connectivity index (χ2n) is 6.91. The normalized spacial score (nSPS) is 26.8. The van der Waals surface area contributed by atoms with Crippen LogP contribution in [0.5, 0.6) is 5.75 Å². The molecular formula is C19H28N2O2. The van der Waals surface area contributed by atoms with Crippen LogP contribution in [-0.2, 0) is 0 Å². The van der Waals surface area contributed by atoms with Crippen LogP contribution in [0.15, 0.2) is 18.2 Å². The van der Waals surface area contributed by atoms with Gasteiger partial charge in [-0.15, -0.1) is 0 Å². The fraction of sp³-hybridized carbons (Fsp3) is 0.632. The first-order valence-corrected chi connectivity index (χ1v) is 8.98. The van der Waals surface area contributed by atoms with Crippen LogP contribution in [0.2, 0.25) is 0 Å². The Kier molecular flexibility index (Phi) is 5.21. The Hall–Kier alpha value is -1.55. The molecule has 126 valence electrons. The zero-order valence-corrected chi connectivity index (χ0v) is 14.2. The van der Waals surface area contributed by atoms with Crippen molar-refractivity contribution in [2.24, 2.45) is 5.92 Å². The number of rotatable bonds is 5. The lowest BCUT2D eigenvalue weighted by Crippen LogP contribution is -2.40. The van der Waals surface area contributed by atoms with Crippen molar-refractivity contribution in [1.82, 2.24) is 5.32 Å². The van der Waals surface area contributed by atoms with Crippen molar-refractivity contribution >= 4 is 11.5 Å². The minimum atomic E-state index is 0.157. The van der Waals surface area contributed by atoms with Gasteiger partial charge in [-0.25, -0.2) is 0 Å². The summed E-state index contributed by atoms with van der Waals surface area (Å²) in [5, 5.41) is 6.84. The van der Waals surface area contributed by atoms with Gasteiger partial charge in [0.25, 0.3) is 0 Å². The molecule has 4 heteroatoms. The third kappa shape index (κ3) is 3.86. The summed E-state index contributed by atoms with van der Waals surface area (Å²) in [7, 11) is 0. The fourth-order valence-electron chi connectivity index (χ4n) is 3.56. The second kappa shape index (κ2) is 7.35. The van der Waals surface area contributed by atoms with Gasteiger partial charge in [0.2, 0.25) is 0 Å². The molecule has 23 heavy (non-hydrogen) atoms. The Morgan fingerprint density at radius 1 is 1.35 bits per heavy atom. The number of fused-ring (bicyclic) bond motifs is 1. The van der Waals surface area contributed by atoms with E-state index in [4.69, 9.17) is 4.74 Å². The van der Waals surface area contributed by atoms with Crippen LogP contribution in [0.1, 0.15) is 56.3 Å². The molecule has 0 amide bonds. The van der Waals surface area contributed by atoms with Gasteiger partial charge in [0.05, 0.1) is 18.8 Å². The van der Waals surface area contributed by atoms with Gasteiger partial charge in [0.15, 0.2) is 5.78 Å². The Balaban J connectivity index is 1.59. The average molecular weight is 316 g/mol. The molecule has 4 nitrogen and oxygen atoms in total. The number of carbonyl (C=O) groups is 1. The molecule has 2 aliphatic rings. The quantitative estimate of drug-likeness (QED) is 0.815. The van der Waals surface area contributed by atoms with Crippen LogP contribution in [-0.4, -0.2) is 31.0 Å². The van der Waals surface area contributed by atoms with Crippen LogP contribution < -0.4 is 15.4 Å². The summed E-state index contributed by atoms with van der Waals surface area (Å²) in [6, 6.07) is 6.21. The van der Waals surface area contributed by atoms with E-state index < -0.39 is 0 Å². The number of carbonyl (C=O) groups excluding carboxylic acids is 1. The van der Waals surface area contributed by atoms with E-state index in [0.29, 0.717) is 18.5 Å². The van der Waals surface area contributed by atoms with E-state index in [1.807, 2.05) is 18.2 Å². The van der Waals surface area contributed by atoms with Gasteiger partial charge >= 0.3 is 0 Å². The molecule has 1 saturated carbocycles. The Morgan fingerprint density at radius 3 is 2.96 bits per heavy atom. The minimum Gasteiger partial charge on any atom is -0.486 e. The predicted octanol–water partition coefficient (Wildman–Crippen LogP) is 3.62. The van der Waals surface area contributed by atoms with E-state index in [1.54, 1.807) is 0 Å². The molecular weight excluding hydrogens is 288 g/mol. The number of anilines is 1. The molecule has 0 saturated heterocycles. The molecule has 0 bridgehead atoms. The van der Waals surface area contributed by atoms with E-state index in [2.05, 4.69) is 24.5 Å². The average Bonchev–Trinajstić information content (AvgIpc) is 2.59. The molecule has 1 fully saturated rings. The predicted molar refractivity (Wildman–Crippen MR) is 93.4 cm³/mol. The fourth-order valence-corrected chi connectivity index (χ4v) is 3.56. The van der Waals surface area contributed by atoms with Gasteiger partial charge in [0.1, 0.15) is 11.9 Å². The van der Waals surface area contributed by atoms with Crippen LogP contribution >= 0.6 is 0 Å². The van der Waals surface area contributed by atoms with Crippen molar-refractivity contribution in [3.63, 3.8) is 0 Å². The molecule has 2 N–H and O–H groups in total. The van der Waals surface area contributed by atoms with Crippen LogP contribution in [0.4, 0.5) is 5.69 Å². The van der Waals surface area contributed by atoms with E-state index in [1.165, 1.54) is 25.7 Å². The highest BCUT2D eigenvalue weighted by Gasteiger charge is 2.22. The number of hydrogen-bond acceptors (Lipinski definition) is 4. The maximum absolute atomic E-state index is 12.5. The summed E-state index contributed by atoms with van der Waals surface area (Å²) in [5.74, 6) is 1.68. The van der Waals surface area contributed by atoms with Gasteiger partial charge < -0.3 is 15.4 Å². The molecule has 0 radical (unpaired) electrons. The maximum Gasteiger partial charge on any atom is 0.176 e. The van der Waals surface area contributed by atoms with Gasteiger partial charge in [-0.3, -0.25) is 4.79 Å². The largest absolute Gasteiger partial charge is 0.486 e. The van der Waals surface area contributed by atoms with E-state index in [-0.39, 0.29) is 11.9 Å². The van der Waals surface area contributed by atoms with Gasteiger partial charge in [0, 0.05) is 11.6 Å². The first kappa shape index (κ1) is 16.3. The maximum atomic E-state index is 12.5. The summed E-state index contributed by atoms with van der Waals surface area (Å²) < 4.78 is 5.90. The molecule has 1 aromatic rings. The summed E-state index contributed by atoms with van der Waals surface area (Å²) in [6.45, 7) is 5.63. The Morgan fingerprint density at radius 2 is 2.17 bits per heavy atom. The minimum absolute atomic E-state index is 0.157. The molecule has 1 heterocycles. The molecule has 0 spiro atoms. The van der Waals surface area contributed by atoms with Gasteiger partial charge in [-0.1, -0.05) is 26.7 Å². The first-order valence-electron chi connectivity index (χ1n) is 8.98. The van der Waals surface area contributed by atoms with E-state index in [9.17, 15) is 4.79 Å². The lowest BCUT2D eigenvalue weighted by atomic mass is 9.86. The van der Waals surface area contributed by atoms with Crippen molar-refractivity contribution in [1.29, 1.82) is 0 Å². The molecule has 3 unspecified atom stereocenters. The number of ether oxygens (including phenoxy) is 1. The number of nitrogens with one attached hydrogen (secondary N) is 2. The topological polar surface area (TPSA) is 50.4 Å². The molecule has 1 aromatic carbocycles. The smallest absolute Gasteiger partial charge is 0.176 e. The molecule has 3 rings (SSSR count). The lowest BCUT2D eigenvalue weighted by Gasteiger charge is -2.29. The number of Topliss-reactive ketones (excluding diaryl/α,β-unsaturated/α-hetero) is 1. The van der Waals surface area contributed by atoms with Crippen LogP contribution in [0, 0.1) is 5.92 Å². The highest BCUT2D eigenvalue weighted by atomic mass is 16.5. The molecule has 1 aliphatic carbocycles. The Labute approximate surface area is 139 Å². The zero-order chi connectivity index (χ0) is 16.2. The standard InChI is InChI=1S/C19H28N2O2/c1-3-15-11-20-17-10-14(8-9-19(17)23-15)18(22)12-21-16-7-5-4-6-13(16)2/h8-10,13,15-16,20-21H,3-7,11-12H2,1-2H3. The van der Waals surface area contributed by atoms with Gasteiger partial charge in [-0.05, 0) is 43.4 Å². The second-order valence-corrected chi connectivity index (χ2v) is 6.91. The van der Waals surface area contributed by atoms with E-state index in [0.717, 1.165) is 30.0 Å². The number of ketones is 1. The van der Waals surface area contributed by atoms with Crippen molar-refractivity contribution in [2.75, 3.05) is 18.4 Å². The van der Waals surface area contributed by atoms with Crippen molar-refractivity contribution < 1.29 is 9.53 Å². The summed E-state index contributed by atoms with van der Waals surface area (Å²) in [4.78, 5) is 12.5. The Bertz CT molecular complexity index is 558. The summed E-state index contributed by atoms with van der Waals surface area (Å²) >= 11 is 0. The van der Waals surface area contributed by atoms with Gasteiger partial charge in [-0.2, -0.15) is 0 Å². The van der Waals surface area contributed by atoms with E-state index >= 15 is 0 Å². The lowest BCUT2D eigenvalue weighted by molar-refractivity contribution is 0.0980. The summed E-state index contributed by atoms with van der Waals surface area (Å²) in [6.07, 6.45) is 6.25. The number of benzene rings is 1. The molecule has 3 atom stereocenters. The third-order valence-corrected chi connectivity index (χ3v) is 5.21. The van der Waals surface area contributed by atoms with Crippen molar-refractivity contribution in [3.8, 4) is 5.75 Å². The van der Waals surface area contributed by atoms with Crippen LogP contribution in [0.25, 0.3) is 0 Å². The number of hydrogen-bond donors (Lipinski definition) is 2. The summed E-state index contributed by atoms with van der Waals surface area (Å²) in [5.41, 5.74) is 1.69. The third-order valence-electron chi connectivity index (χ3n) is 5.21. The van der Waals surface area contributed by atoms with Crippen molar-refractivity contribution in [2.45, 2.75) is 58.1 Å².